The van der Waals surface area contributed by atoms with Crippen molar-refractivity contribution in [3.63, 3.8) is 0 Å². The number of rotatable bonds is 4. The van der Waals surface area contributed by atoms with Crippen molar-refractivity contribution in [1.29, 1.82) is 0 Å². The van der Waals surface area contributed by atoms with E-state index >= 15 is 0 Å². The molecule has 1 aromatic carbocycles. The lowest BCUT2D eigenvalue weighted by molar-refractivity contribution is 0.0724. The first-order chi connectivity index (χ1) is 14.5. The molecule has 2 aromatic heterocycles. The van der Waals surface area contributed by atoms with Gasteiger partial charge in [-0.05, 0) is 56.0 Å². The Morgan fingerprint density at radius 3 is 2.53 bits per heavy atom. The summed E-state index contributed by atoms with van der Waals surface area (Å²) in [5.41, 5.74) is 2.46. The topological polar surface area (TPSA) is 95.2 Å². The molecule has 0 radical (unpaired) electrons. The summed E-state index contributed by atoms with van der Waals surface area (Å²) in [4.78, 5) is 46.7. The van der Waals surface area contributed by atoms with E-state index in [1.54, 1.807) is 24.3 Å². The Morgan fingerprint density at radius 1 is 1.07 bits per heavy atom. The summed E-state index contributed by atoms with van der Waals surface area (Å²) in [6.45, 7) is 3.72. The van der Waals surface area contributed by atoms with Crippen molar-refractivity contribution in [2.75, 3.05) is 13.1 Å². The van der Waals surface area contributed by atoms with Crippen LogP contribution in [-0.2, 0) is 6.54 Å². The molecule has 4 rings (SSSR count). The van der Waals surface area contributed by atoms with Gasteiger partial charge in [0.1, 0.15) is 11.2 Å². The maximum Gasteiger partial charge on any atom is 0.257 e. The van der Waals surface area contributed by atoms with Crippen LogP contribution in [0.4, 0.5) is 0 Å². The van der Waals surface area contributed by atoms with Crippen molar-refractivity contribution in [3.8, 4) is 0 Å². The lowest BCUT2D eigenvalue weighted by Gasteiger charge is -2.26. The van der Waals surface area contributed by atoms with Crippen molar-refractivity contribution < 1.29 is 9.59 Å². The summed E-state index contributed by atoms with van der Waals surface area (Å²) < 4.78 is 0. The second-order valence-corrected chi connectivity index (χ2v) is 7.61. The molecule has 0 aliphatic carbocycles. The minimum atomic E-state index is -0.452. The van der Waals surface area contributed by atoms with E-state index in [9.17, 15) is 14.4 Å². The first-order valence-electron chi connectivity index (χ1n) is 10.2. The van der Waals surface area contributed by atoms with Crippen molar-refractivity contribution in [2.45, 2.75) is 32.7 Å². The molecular formula is C23H24N4O3. The van der Waals surface area contributed by atoms with Gasteiger partial charge in [0.05, 0.1) is 5.39 Å². The molecule has 3 heterocycles. The van der Waals surface area contributed by atoms with Crippen LogP contribution in [0.2, 0.25) is 0 Å². The van der Waals surface area contributed by atoms with Gasteiger partial charge >= 0.3 is 0 Å². The Bertz CT molecular complexity index is 1150. The van der Waals surface area contributed by atoms with Crippen molar-refractivity contribution >= 4 is 22.8 Å². The van der Waals surface area contributed by atoms with Gasteiger partial charge in [0.25, 0.3) is 11.8 Å². The third-order valence-electron chi connectivity index (χ3n) is 5.42. The maximum atomic E-state index is 12.6. The smallest absolute Gasteiger partial charge is 0.257 e. The summed E-state index contributed by atoms with van der Waals surface area (Å²) in [6.07, 6.45) is 4.68. The number of hydrogen-bond donors (Lipinski definition) is 2. The standard InChI is InChI=1S/C23H24N4O3/c1-15-5-10-18-20(28)19(14-24-21(18)26-15)22(29)25-13-16-6-8-17(9-7-16)23(30)27-11-3-2-4-12-27/h5-10,14H,2-4,11-13H2,1H3,(H,25,29)(H,24,26,28). The monoisotopic (exact) mass is 404 g/mol. The molecule has 1 aliphatic rings. The molecule has 1 saturated heterocycles. The molecule has 0 saturated carbocycles. The second-order valence-electron chi connectivity index (χ2n) is 7.61. The van der Waals surface area contributed by atoms with Gasteiger partial charge in [-0.25, -0.2) is 4.98 Å². The number of piperidine rings is 1. The van der Waals surface area contributed by atoms with Crippen molar-refractivity contribution in [2.24, 2.45) is 0 Å². The molecule has 1 fully saturated rings. The number of nitrogens with zero attached hydrogens (tertiary/aromatic N) is 2. The fourth-order valence-electron chi connectivity index (χ4n) is 3.69. The number of carbonyl (C=O) groups is 2. The van der Waals surface area contributed by atoms with Crippen LogP contribution in [0.15, 0.2) is 47.4 Å². The molecular weight excluding hydrogens is 380 g/mol. The van der Waals surface area contributed by atoms with Crippen molar-refractivity contribution in [1.82, 2.24) is 20.2 Å². The van der Waals surface area contributed by atoms with Crippen LogP contribution in [0.5, 0.6) is 0 Å². The summed E-state index contributed by atoms with van der Waals surface area (Å²) in [7, 11) is 0. The Labute approximate surface area is 174 Å². The minimum Gasteiger partial charge on any atom is -0.348 e. The Morgan fingerprint density at radius 2 is 1.80 bits per heavy atom. The number of amides is 2. The van der Waals surface area contributed by atoms with Crippen LogP contribution in [-0.4, -0.2) is 39.8 Å². The third-order valence-corrected chi connectivity index (χ3v) is 5.42. The highest BCUT2D eigenvalue weighted by molar-refractivity contribution is 5.96. The maximum absolute atomic E-state index is 12.6. The molecule has 7 heteroatoms. The molecule has 3 aromatic rings. The molecule has 0 atom stereocenters. The van der Waals surface area contributed by atoms with E-state index in [1.165, 1.54) is 12.6 Å². The highest BCUT2D eigenvalue weighted by Crippen LogP contribution is 2.14. The van der Waals surface area contributed by atoms with Gasteiger partial charge in [0.15, 0.2) is 0 Å². The van der Waals surface area contributed by atoms with Gasteiger partial charge in [-0.3, -0.25) is 14.4 Å². The van der Waals surface area contributed by atoms with Gasteiger partial charge in [-0.2, -0.15) is 0 Å². The van der Waals surface area contributed by atoms with Crippen LogP contribution in [0.3, 0.4) is 0 Å². The van der Waals surface area contributed by atoms with Crippen LogP contribution in [0, 0.1) is 6.92 Å². The number of hydrogen-bond acceptors (Lipinski definition) is 4. The quantitative estimate of drug-likeness (QED) is 0.699. The number of aromatic nitrogens is 2. The normalized spacial score (nSPS) is 14.0. The average Bonchev–Trinajstić information content (AvgIpc) is 2.78. The molecule has 2 amide bonds. The van der Waals surface area contributed by atoms with Gasteiger partial charge in [0.2, 0.25) is 5.43 Å². The summed E-state index contributed by atoms with van der Waals surface area (Å²) in [5.74, 6) is -0.399. The molecule has 154 valence electrons. The number of carbonyl (C=O) groups excluding carboxylic acids is 2. The fourth-order valence-corrected chi connectivity index (χ4v) is 3.69. The van der Waals surface area contributed by atoms with E-state index in [-0.39, 0.29) is 23.4 Å². The fraction of sp³-hybridized carbons (Fsp3) is 0.304. The van der Waals surface area contributed by atoms with Gasteiger partial charge in [-0.1, -0.05) is 12.1 Å². The van der Waals surface area contributed by atoms with Gasteiger partial charge < -0.3 is 15.2 Å². The number of aromatic amines is 1. The molecule has 0 spiro atoms. The number of benzene rings is 1. The summed E-state index contributed by atoms with van der Waals surface area (Å²) in [6, 6.07) is 10.6. The molecule has 30 heavy (non-hydrogen) atoms. The van der Waals surface area contributed by atoms with E-state index in [0.29, 0.717) is 16.6 Å². The highest BCUT2D eigenvalue weighted by Gasteiger charge is 2.18. The highest BCUT2D eigenvalue weighted by atomic mass is 16.2. The number of pyridine rings is 2. The number of likely N-dealkylation sites (tertiary alicyclic amines) is 1. The van der Waals surface area contributed by atoms with Gasteiger partial charge in [-0.15, -0.1) is 0 Å². The van der Waals surface area contributed by atoms with Gasteiger partial charge in [0, 0.05) is 37.1 Å². The van der Waals surface area contributed by atoms with Crippen LogP contribution in [0.25, 0.3) is 11.0 Å². The molecule has 0 unspecified atom stereocenters. The number of aryl methyl sites for hydroxylation is 1. The lowest BCUT2D eigenvalue weighted by Crippen LogP contribution is -2.35. The molecule has 7 nitrogen and oxygen atoms in total. The van der Waals surface area contributed by atoms with E-state index in [2.05, 4.69) is 15.3 Å². The van der Waals surface area contributed by atoms with E-state index in [4.69, 9.17) is 0 Å². The predicted molar refractivity (Wildman–Crippen MR) is 114 cm³/mol. The number of fused-ring (bicyclic) bond motifs is 1. The molecule has 0 bridgehead atoms. The SMILES string of the molecule is Cc1ccc2c(=O)c(C(=O)NCc3ccc(C(=O)N4CCCCC4)cc3)c[nH]c2n1. The van der Waals surface area contributed by atoms with E-state index in [0.717, 1.165) is 37.2 Å². The average molecular weight is 404 g/mol. The van der Waals surface area contributed by atoms with Crippen LogP contribution in [0.1, 0.15) is 51.2 Å². The summed E-state index contributed by atoms with van der Waals surface area (Å²) in [5, 5.41) is 3.15. The van der Waals surface area contributed by atoms with Crippen LogP contribution < -0.4 is 10.7 Å². The zero-order valence-electron chi connectivity index (χ0n) is 16.9. The first kappa shape index (κ1) is 19.8. The largest absolute Gasteiger partial charge is 0.348 e. The van der Waals surface area contributed by atoms with Crippen molar-refractivity contribution in [3.05, 3.63) is 75.2 Å². The summed E-state index contributed by atoms with van der Waals surface area (Å²) >= 11 is 0. The number of nitrogens with one attached hydrogen (secondary N) is 2. The van der Waals surface area contributed by atoms with E-state index in [1.807, 2.05) is 24.0 Å². The zero-order valence-corrected chi connectivity index (χ0v) is 16.9. The van der Waals surface area contributed by atoms with Crippen LogP contribution >= 0.6 is 0 Å². The zero-order chi connectivity index (χ0) is 21.1. The second kappa shape index (κ2) is 8.49. The Hall–Kier alpha value is -3.48. The predicted octanol–water partition coefficient (Wildman–Crippen LogP) is 2.79. The lowest BCUT2D eigenvalue weighted by atomic mass is 10.1. The number of H-pyrrole nitrogens is 1. The molecule has 2 N–H and O–H groups in total. The Balaban J connectivity index is 1.42. The minimum absolute atomic E-state index is 0.0463. The first-order valence-corrected chi connectivity index (χ1v) is 10.2. The Kier molecular flexibility index (Phi) is 5.61. The molecule has 1 aliphatic heterocycles. The third kappa shape index (κ3) is 4.10. The van der Waals surface area contributed by atoms with E-state index < -0.39 is 5.91 Å².